The van der Waals surface area contributed by atoms with Crippen LogP contribution in [0.3, 0.4) is 0 Å². The third-order valence-corrected chi connectivity index (χ3v) is 4.58. The molecule has 1 saturated heterocycles. The summed E-state index contributed by atoms with van der Waals surface area (Å²) in [6, 6.07) is 5.76. The Bertz CT molecular complexity index is 638. The molecule has 0 aliphatic carbocycles. The third kappa shape index (κ3) is 6.18. The molecule has 1 aromatic rings. The minimum Gasteiger partial charge on any atom is -0.336 e. The molecular weight excluding hydrogens is 351 g/mol. The van der Waals surface area contributed by atoms with E-state index in [4.69, 9.17) is 4.84 Å². The summed E-state index contributed by atoms with van der Waals surface area (Å²) in [5.74, 6) is -0.421. The van der Waals surface area contributed by atoms with Crippen molar-refractivity contribution in [1.29, 1.82) is 0 Å². The monoisotopic (exact) mass is 380 g/mol. The summed E-state index contributed by atoms with van der Waals surface area (Å²) in [6.45, 7) is 5.26. The molecule has 0 saturated carbocycles. The van der Waals surface area contributed by atoms with Crippen LogP contribution < -0.4 is 5.32 Å². The lowest BCUT2D eigenvalue weighted by molar-refractivity contribution is -0.139. The molecule has 1 aliphatic heterocycles. The number of carbonyl (C=O) groups is 2. The summed E-state index contributed by atoms with van der Waals surface area (Å²) in [5, 5.41) is 4.56. The van der Waals surface area contributed by atoms with Crippen LogP contribution in [-0.2, 0) is 16.2 Å². The fourth-order valence-electron chi connectivity index (χ4n) is 3.03. The van der Waals surface area contributed by atoms with E-state index in [1.165, 1.54) is 12.1 Å². The van der Waals surface area contributed by atoms with Crippen LogP contribution >= 0.6 is 0 Å². The SMILES string of the molecule is CON(C)CCC1CN(Cc2ccc(F)cc2)C(=O)CN1C(=O)NC(C)C. The highest BCUT2D eigenvalue weighted by molar-refractivity contribution is 5.85. The summed E-state index contributed by atoms with van der Waals surface area (Å²) < 4.78 is 13.1. The zero-order valence-corrected chi connectivity index (χ0v) is 16.4. The zero-order chi connectivity index (χ0) is 20.0. The molecule has 1 atom stereocenters. The quantitative estimate of drug-likeness (QED) is 0.733. The second kappa shape index (κ2) is 9.66. The first-order valence-electron chi connectivity index (χ1n) is 9.14. The van der Waals surface area contributed by atoms with E-state index in [9.17, 15) is 14.0 Å². The average molecular weight is 380 g/mol. The second-order valence-corrected chi connectivity index (χ2v) is 7.11. The van der Waals surface area contributed by atoms with Gasteiger partial charge in [0, 0.05) is 32.7 Å². The predicted octanol–water partition coefficient (Wildman–Crippen LogP) is 1.84. The van der Waals surface area contributed by atoms with Gasteiger partial charge in [-0.05, 0) is 38.0 Å². The molecule has 150 valence electrons. The van der Waals surface area contributed by atoms with Crippen molar-refractivity contribution in [2.45, 2.75) is 38.9 Å². The summed E-state index contributed by atoms with van der Waals surface area (Å²) in [4.78, 5) is 33.6. The number of nitrogens with one attached hydrogen (secondary N) is 1. The Morgan fingerprint density at radius 2 is 2.04 bits per heavy atom. The van der Waals surface area contributed by atoms with Gasteiger partial charge in [-0.1, -0.05) is 12.1 Å². The minimum atomic E-state index is -0.305. The van der Waals surface area contributed by atoms with Gasteiger partial charge >= 0.3 is 6.03 Å². The highest BCUT2D eigenvalue weighted by atomic mass is 19.1. The number of nitrogens with zero attached hydrogens (tertiary/aromatic N) is 3. The lowest BCUT2D eigenvalue weighted by Crippen LogP contribution is -2.60. The van der Waals surface area contributed by atoms with Crippen LogP contribution in [0.25, 0.3) is 0 Å². The highest BCUT2D eigenvalue weighted by Gasteiger charge is 2.35. The number of urea groups is 1. The van der Waals surface area contributed by atoms with Crippen molar-refractivity contribution in [3.63, 3.8) is 0 Å². The maximum absolute atomic E-state index is 13.1. The molecule has 0 bridgehead atoms. The predicted molar refractivity (Wildman–Crippen MR) is 100 cm³/mol. The van der Waals surface area contributed by atoms with Crippen molar-refractivity contribution in [2.75, 3.05) is 33.8 Å². The minimum absolute atomic E-state index is 0.00727. The van der Waals surface area contributed by atoms with Crippen molar-refractivity contribution < 1.29 is 18.8 Å². The Kier molecular flexibility index (Phi) is 7.55. The van der Waals surface area contributed by atoms with Crippen LogP contribution in [0, 0.1) is 5.82 Å². The van der Waals surface area contributed by atoms with E-state index in [1.54, 1.807) is 34.1 Å². The van der Waals surface area contributed by atoms with Gasteiger partial charge < -0.3 is 20.0 Å². The molecule has 0 aromatic heterocycles. The molecule has 8 heteroatoms. The number of amides is 3. The van der Waals surface area contributed by atoms with Gasteiger partial charge in [0.05, 0.1) is 13.2 Å². The van der Waals surface area contributed by atoms with Gasteiger partial charge in [0.2, 0.25) is 5.91 Å². The van der Waals surface area contributed by atoms with Crippen LogP contribution in [0.15, 0.2) is 24.3 Å². The van der Waals surface area contributed by atoms with E-state index in [2.05, 4.69) is 5.32 Å². The maximum atomic E-state index is 13.1. The lowest BCUT2D eigenvalue weighted by atomic mass is 10.1. The van der Waals surface area contributed by atoms with E-state index in [1.807, 2.05) is 20.9 Å². The molecule has 2 rings (SSSR count). The lowest BCUT2D eigenvalue weighted by Gasteiger charge is -2.41. The summed E-state index contributed by atoms with van der Waals surface area (Å²) in [6.07, 6.45) is 0.670. The van der Waals surface area contributed by atoms with Crippen LogP contribution in [0.5, 0.6) is 0 Å². The molecule has 0 radical (unpaired) electrons. The number of halogens is 1. The van der Waals surface area contributed by atoms with Gasteiger partial charge in [0.15, 0.2) is 0 Å². The number of piperazine rings is 1. The van der Waals surface area contributed by atoms with E-state index in [0.717, 1.165) is 5.56 Å². The molecule has 1 fully saturated rings. The Hall–Kier alpha value is -2.19. The normalized spacial score (nSPS) is 17.7. The van der Waals surface area contributed by atoms with Crippen LogP contribution in [-0.4, -0.2) is 72.7 Å². The molecule has 1 heterocycles. The smallest absolute Gasteiger partial charge is 0.318 e. The summed E-state index contributed by atoms with van der Waals surface area (Å²) >= 11 is 0. The molecule has 1 unspecified atom stereocenters. The van der Waals surface area contributed by atoms with E-state index in [-0.39, 0.29) is 36.4 Å². The average Bonchev–Trinajstić information content (AvgIpc) is 2.62. The van der Waals surface area contributed by atoms with Crippen LogP contribution in [0.2, 0.25) is 0 Å². The molecule has 1 aromatic carbocycles. The van der Waals surface area contributed by atoms with Gasteiger partial charge in [-0.2, -0.15) is 5.06 Å². The van der Waals surface area contributed by atoms with E-state index < -0.39 is 0 Å². The number of hydrogen-bond acceptors (Lipinski definition) is 4. The van der Waals surface area contributed by atoms with Crippen molar-refractivity contribution in [3.8, 4) is 0 Å². The summed E-state index contributed by atoms with van der Waals surface area (Å²) in [7, 11) is 3.41. The Morgan fingerprint density at radius 3 is 2.63 bits per heavy atom. The van der Waals surface area contributed by atoms with Gasteiger partial charge in [-0.3, -0.25) is 4.79 Å². The summed E-state index contributed by atoms with van der Waals surface area (Å²) in [5.41, 5.74) is 0.859. The third-order valence-electron chi connectivity index (χ3n) is 4.58. The first-order valence-corrected chi connectivity index (χ1v) is 9.14. The van der Waals surface area contributed by atoms with Gasteiger partial charge in [-0.25, -0.2) is 9.18 Å². The number of hydrogen-bond donors (Lipinski definition) is 1. The van der Waals surface area contributed by atoms with Gasteiger partial charge in [0.25, 0.3) is 0 Å². The molecule has 1 aliphatic rings. The standard InChI is InChI=1S/C19H29FN4O3/c1-14(2)21-19(26)24-13-18(25)23(11-15-5-7-16(20)8-6-15)12-17(24)9-10-22(3)27-4/h5-8,14,17H,9-13H2,1-4H3,(H,21,26). The van der Waals surface area contributed by atoms with Gasteiger partial charge in [-0.15, -0.1) is 0 Å². The van der Waals surface area contributed by atoms with Crippen molar-refractivity contribution in [3.05, 3.63) is 35.6 Å². The fraction of sp³-hybridized carbons (Fsp3) is 0.579. The van der Waals surface area contributed by atoms with Gasteiger partial charge in [0.1, 0.15) is 12.4 Å². The molecule has 1 N–H and O–H groups in total. The van der Waals surface area contributed by atoms with E-state index >= 15 is 0 Å². The molecule has 3 amide bonds. The van der Waals surface area contributed by atoms with E-state index in [0.29, 0.717) is 26.1 Å². The number of hydroxylamine groups is 2. The molecule has 27 heavy (non-hydrogen) atoms. The molecular formula is C19H29FN4O3. The topological polar surface area (TPSA) is 65.1 Å². The highest BCUT2D eigenvalue weighted by Crippen LogP contribution is 2.18. The number of rotatable bonds is 7. The second-order valence-electron chi connectivity index (χ2n) is 7.11. The Balaban J connectivity index is 2.10. The Labute approximate surface area is 160 Å². The molecule has 0 spiro atoms. The van der Waals surface area contributed by atoms with Crippen molar-refractivity contribution in [1.82, 2.24) is 20.2 Å². The van der Waals surface area contributed by atoms with Crippen LogP contribution in [0.1, 0.15) is 25.8 Å². The largest absolute Gasteiger partial charge is 0.336 e. The Morgan fingerprint density at radius 1 is 1.37 bits per heavy atom. The number of benzene rings is 1. The van der Waals surface area contributed by atoms with Crippen LogP contribution in [0.4, 0.5) is 9.18 Å². The fourth-order valence-corrected chi connectivity index (χ4v) is 3.03. The number of carbonyl (C=O) groups excluding carboxylic acids is 2. The molecule has 7 nitrogen and oxygen atoms in total. The first kappa shape index (κ1) is 21.1. The maximum Gasteiger partial charge on any atom is 0.318 e. The first-order chi connectivity index (χ1) is 12.8. The zero-order valence-electron chi connectivity index (χ0n) is 16.4. The van der Waals surface area contributed by atoms with Crippen molar-refractivity contribution >= 4 is 11.9 Å². The van der Waals surface area contributed by atoms with Crippen molar-refractivity contribution in [2.24, 2.45) is 0 Å².